The number of carbonyl (C=O) groups is 2. The lowest BCUT2D eigenvalue weighted by atomic mass is 10.3. The van der Waals surface area contributed by atoms with Crippen LogP contribution in [0.2, 0.25) is 0 Å². The largest absolute Gasteiger partial charge is 0.480 e. The van der Waals surface area contributed by atoms with Gasteiger partial charge in [-0.15, -0.1) is 0 Å². The molecule has 0 bridgehead atoms. The minimum atomic E-state index is -1.08. The van der Waals surface area contributed by atoms with Crippen LogP contribution in [0.25, 0.3) is 0 Å². The summed E-state index contributed by atoms with van der Waals surface area (Å²) in [6.45, 7) is 3.72. The lowest BCUT2D eigenvalue weighted by Gasteiger charge is -2.12. The van der Waals surface area contributed by atoms with E-state index in [-0.39, 0.29) is 12.5 Å². The third kappa shape index (κ3) is 6.10. The molecule has 0 aliphatic carbocycles. The fourth-order valence-corrected chi connectivity index (χ4v) is 0.766. The van der Waals surface area contributed by atoms with Crippen molar-refractivity contribution in [3.63, 3.8) is 0 Å². The van der Waals surface area contributed by atoms with Crippen LogP contribution in [0.3, 0.4) is 0 Å². The highest BCUT2D eigenvalue weighted by atomic mass is 16.5. The monoisotopic (exact) mass is 189 g/mol. The predicted octanol–water partition coefficient (Wildman–Crippen LogP) is 0.00230. The summed E-state index contributed by atoms with van der Waals surface area (Å²) in [6, 6.07) is -0.941. The Kier molecular flexibility index (Phi) is 5.88. The molecule has 0 spiro atoms. The molecule has 0 aromatic carbocycles. The number of carbonyl (C=O) groups excluding carboxylic acids is 1. The molecule has 1 atom stereocenters. The Labute approximate surface area is 77.1 Å². The molecule has 5 heteroatoms. The van der Waals surface area contributed by atoms with Crippen LogP contribution in [0.5, 0.6) is 0 Å². The molecule has 0 radical (unpaired) electrons. The Hall–Kier alpha value is -1.10. The Morgan fingerprint density at radius 1 is 1.54 bits per heavy atom. The zero-order chi connectivity index (χ0) is 10.3. The van der Waals surface area contributed by atoms with E-state index in [0.29, 0.717) is 6.61 Å². The van der Waals surface area contributed by atoms with E-state index in [9.17, 15) is 9.59 Å². The smallest absolute Gasteiger partial charge is 0.328 e. The van der Waals surface area contributed by atoms with Gasteiger partial charge in [0.2, 0.25) is 5.91 Å². The molecule has 0 aliphatic heterocycles. The van der Waals surface area contributed by atoms with Gasteiger partial charge in [0.25, 0.3) is 0 Å². The number of carboxylic acid groups (broad SMARTS) is 1. The van der Waals surface area contributed by atoms with Gasteiger partial charge in [-0.2, -0.15) is 0 Å². The van der Waals surface area contributed by atoms with Gasteiger partial charge in [-0.05, 0) is 6.42 Å². The van der Waals surface area contributed by atoms with Crippen LogP contribution in [-0.4, -0.2) is 36.2 Å². The van der Waals surface area contributed by atoms with Crippen molar-refractivity contribution >= 4 is 11.9 Å². The van der Waals surface area contributed by atoms with Gasteiger partial charge in [0.15, 0.2) is 6.04 Å². The van der Waals surface area contributed by atoms with E-state index in [0.717, 1.165) is 6.42 Å². The molecular weight excluding hydrogens is 174 g/mol. The van der Waals surface area contributed by atoms with Crippen LogP contribution < -0.4 is 5.32 Å². The van der Waals surface area contributed by atoms with Crippen molar-refractivity contribution in [2.75, 3.05) is 13.2 Å². The quantitative estimate of drug-likeness (QED) is 0.577. The molecule has 0 saturated heterocycles. The van der Waals surface area contributed by atoms with Crippen LogP contribution >= 0.6 is 0 Å². The molecule has 76 valence electrons. The summed E-state index contributed by atoms with van der Waals surface area (Å²) >= 11 is 0. The van der Waals surface area contributed by atoms with Crippen molar-refractivity contribution in [3.8, 4) is 0 Å². The normalized spacial score (nSPS) is 12.2. The number of nitrogens with one attached hydrogen (secondary N) is 1. The van der Waals surface area contributed by atoms with Gasteiger partial charge in [-0.3, -0.25) is 4.79 Å². The van der Waals surface area contributed by atoms with Crippen molar-refractivity contribution in [3.05, 3.63) is 0 Å². The third-order valence-electron chi connectivity index (χ3n) is 1.31. The average Bonchev–Trinajstić information content (AvgIpc) is 2.02. The van der Waals surface area contributed by atoms with E-state index in [1.165, 1.54) is 6.92 Å². The van der Waals surface area contributed by atoms with Gasteiger partial charge in [0.05, 0.1) is 6.61 Å². The van der Waals surface area contributed by atoms with Crippen molar-refractivity contribution in [1.82, 2.24) is 5.32 Å². The van der Waals surface area contributed by atoms with Gasteiger partial charge in [0.1, 0.15) is 0 Å². The standard InChI is InChI=1S/C8H15NO4/c1-3-4-13-5-7(8(11)12)9-6(2)10/h7H,3-5H2,1-2H3,(H,9,10)(H,11,12). The number of rotatable bonds is 6. The van der Waals surface area contributed by atoms with Crippen molar-refractivity contribution in [1.29, 1.82) is 0 Å². The topological polar surface area (TPSA) is 75.6 Å². The highest BCUT2D eigenvalue weighted by Crippen LogP contribution is 1.88. The van der Waals surface area contributed by atoms with Gasteiger partial charge in [0, 0.05) is 13.5 Å². The second-order valence-corrected chi connectivity index (χ2v) is 2.67. The molecule has 1 unspecified atom stereocenters. The maximum absolute atomic E-state index is 10.6. The molecule has 5 nitrogen and oxygen atoms in total. The first kappa shape index (κ1) is 11.9. The maximum atomic E-state index is 10.6. The third-order valence-corrected chi connectivity index (χ3v) is 1.31. The van der Waals surface area contributed by atoms with E-state index < -0.39 is 12.0 Å². The second-order valence-electron chi connectivity index (χ2n) is 2.67. The van der Waals surface area contributed by atoms with Crippen molar-refractivity contribution in [2.24, 2.45) is 0 Å². The SMILES string of the molecule is CCCOCC(NC(C)=O)C(=O)O. The highest BCUT2D eigenvalue weighted by molar-refractivity contribution is 5.82. The summed E-state index contributed by atoms with van der Waals surface area (Å²) < 4.78 is 5.01. The number of amides is 1. The van der Waals surface area contributed by atoms with Crippen LogP contribution in [0.4, 0.5) is 0 Å². The molecule has 1 amide bonds. The number of aliphatic carboxylic acids is 1. The molecular formula is C8H15NO4. The Bertz CT molecular complexity index is 181. The fraction of sp³-hybridized carbons (Fsp3) is 0.750. The first-order chi connectivity index (χ1) is 6.07. The van der Waals surface area contributed by atoms with Crippen molar-refractivity contribution in [2.45, 2.75) is 26.3 Å². The molecule has 0 rings (SSSR count). The Morgan fingerprint density at radius 3 is 2.54 bits per heavy atom. The maximum Gasteiger partial charge on any atom is 0.328 e. The second kappa shape index (κ2) is 6.42. The first-order valence-electron chi connectivity index (χ1n) is 4.15. The Morgan fingerprint density at radius 2 is 2.15 bits per heavy atom. The molecule has 13 heavy (non-hydrogen) atoms. The minimum Gasteiger partial charge on any atom is -0.480 e. The van der Waals surface area contributed by atoms with Crippen LogP contribution in [0.15, 0.2) is 0 Å². The fourth-order valence-electron chi connectivity index (χ4n) is 0.766. The van der Waals surface area contributed by atoms with Crippen molar-refractivity contribution < 1.29 is 19.4 Å². The summed E-state index contributed by atoms with van der Waals surface area (Å²) in [5, 5.41) is 10.9. The molecule has 0 aromatic rings. The zero-order valence-corrected chi connectivity index (χ0v) is 7.87. The van der Waals surface area contributed by atoms with Crippen LogP contribution in [0.1, 0.15) is 20.3 Å². The van der Waals surface area contributed by atoms with Gasteiger partial charge in [-0.25, -0.2) is 4.79 Å². The number of ether oxygens (including phenoxy) is 1. The molecule has 0 saturated carbocycles. The summed E-state index contributed by atoms with van der Waals surface area (Å²) in [5.41, 5.74) is 0. The first-order valence-corrected chi connectivity index (χ1v) is 4.15. The van der Waals surface area contributed by atoms with E-state index >= 15 is 0 Å². The summed E-state index contributed by atoms with van der Waals surface area (Å²) in [5.74, 6) is -1.45. The number of hydrogen-bond donors (Lipinski definition) is 2. The molecule has 0 aromatic heterocycles. The lowest BCUT2D eigenvalue weighted by Crippen LogP contribution is -2.43. The molecule has 0 aliphatic rings. The van der Waals surface area contributed by atoms with E-state index in [4.69, 9.17) is 9.84 Å². The average molecular weight is 189 g/mol. The molecule has 0 fully saturated rings. The van der Waals surface area contributed by atoms with Gasteiger partial charge >= 0.3 is 5.97 Å². The predicted molar refractivity (Wildman–Crippen MR) is 46.4 cm³/mol. The van der Waals surface area contributed by atoms with Gasteiger partial charge < -0.3 is 15.2 Å². The summed E-state index contributed by atoms with van der Waals surface area (Å²) in [4.78, 5) is 21.1. The van der Waals surface area contributed by atoms with E-state index in [2.05, 4.69) is 5.32 Å². The molecule has 0 heterocycles. The van der Waals surface area contributed by atoms with Crippen LogP contribution in [-0.2, 0) is 14.3 Å². The van der Waals surface area contributed by atoms with Crippen LogP contribution in [0, 0.1) is 0 Å². The van der Waals surface area contributed by atoms with E-state index in [1.54, 1.807) is 0 Å². The highest BCUT2D eigenvalue weighted by Gasteiger charge is 2.17. The lowest BCUT2D eigenvalue weighted by molar-refractivity contribution is -0.143. The van der Waals surface area contributed by atoms with E-state index in [1.807, 2.05) is 6.92 Å². The summed E-state index contributed by atoms with van der Waals surface area (Å²) in [7, 11) is 0. The summed E-state index contributed by atoms with van der Waals surface area (Å²) in [6.07, 6.45) is 0.826. The Balaban J connectivity index is 3.81. The zero-order valence-electron chi connectivity index (χ0n) is 7.87. The minimum absolute atomic E-state index is 0.0166. The number of hydrogen-bond acceptors (Lipinski definition) is 3. The molecule has 2 N–H and O–H groups in total. The van der Waals surface area contributed by atoms with Gasteiger partial charge in [-0.1, -0.05) is 6.92 Å². The number of carboxylic acids is 1.